The third-order valence-electron chi connectivity index (χ3n) is 4.99. The molecule has 8 heteroatoms. The van der Waals surface area contributed by atoms with Crippen LogP contribution in [0, 0.1) is 13.8 Å². The fraction of sp³-hybridized carbons (Fsp3) is 0.208. The molecule has 0 fully saturated rings. The lowest BCUT2D eigenvalue weighted by Crippen LogP contribution is -2.12. The van der Waals surface area contributed by atoms with E-state index in [1.54, 1.807) is 29.0 Å². The van der Waals surface area contributed by atoms with Crippen molar-refractivity contribution < 1.29 is 23.8 Å². The molecule has 164 valence electrons. The molecular formula is C24H21ClN2O5. The first kappa shape index (κ1) is 21.6. The summed E-state index contributed by atoms with van der Waals surface area (Å²) >= 11 is 6.47. The number of aryl methyl sites for hydroxylation is 2. The Labute approximate surface area is 190 Å². The van der Waals surface area contributed by atoms with Gasteiger partial charge >= 0.3 is 5.97 Å². The van der Waals surface area contributed by atoms with Gasteiger partial charge in [-0.1, -0.05) is 41.4 Å². The van der Waals surface area contributed by atoms with Crippen molar-refractivity contribution in [3.8, 4) is 11.5 Å². The van der Waals surface area contributed by atoms with E-state index in [4.69, 9.17) is 25.8 Å². The highest BCUT2D eigenvalue weighted by atomic mass is 35.5. The van der Waals surface area contributed by atoms with Gasteiger partial charge in [0, 0.05) is 17.2 Å². The average molecular weight is 453 g/mol. The summed E-state index contributed by atoms with van der Waals surface area (Å²) in [5.41, 5.74) is 3.93. The van der Waals surface area contributed by atoms with Gasteiger partial charge < -0.3 is 14.2 Å². The van der Waals surface area contributed by atoms with Gasteiger partial charge in [-0.3, -0.25) is 4.79 Å². The standard InChI is InChI=1S/C24H21ClN2O5/c1-15-3-5-17(6-4-15)12-27-24(25)19(16(2)26-27)8-10-23(29)30-13-20(28)18-7-9-21-22(11-18)32-14-31-21/h3-11H,12-14H2,1-2H3/b10-8+. The number of carbonyl (C=O) groups excluding carboxylic acids is 2. The van der Waals surface area contributed by atoms with Gasteiger partial charge in [-0.05, 0) is 43.7 Å². The Morgan fingerprint density at radius 3 is 2.66 bits per heavy atom. The molecule has 2 aromatic carbocycles. The summed E-state index contributed by atoms with van der Waals surface area (Å²) in [4.78, 5) is 24.4. The first-order valence-electron chi connectivity index (χ1n) is 9.97. The van der Waals surface area contributed by atoms with Crippen molar-refractivity contribution in [1.82, 2.24) is 9.78 Å². The van der Waals surface area contributed by atoms with Crippen LogP contribution < -0.4 is 9.47 Å². The number of aromatic nitrogens is 2. The molecular weight excluding hydrogens is 432 g/mol. The first-order valence-corrected chi connectivity index (χ1v) is 10.3. The van der Waals surface area contributed by atoms with Crippen molar-refractivity contribution in [3.63, 3.8) is 0 Å². The van der Waals surface area contributed by atoms with Gasteiger partial charge in [0.15, 0.2) is 23.9 Å². The number of Topliss-reactive ketones (excluding diaryl/α,β-unsaturated/α-hetero) is 1. The number of ketones is 1. The van der Waals surface area contributed by atoms with Crippen LogP contribution in [-0.2, 0) is 16.1 Å². The normalized spacial score (nSPS) is 12.3. The zero-order valence-corrected chi connectivity index (χ0v) is 18.4. The molecule has 0 unspecified atom stereocenters. The van der Waals surface area contributed by atoms with E-state index in [1.165, 1.54) is 11.6 Å². The zero-order chi connectivity index (χ0) is 22.7. The number of carbonyl (C=O) groups is 2. The third kappa shape index (κ3) is 4.84. The summed E-state index contributed by atoms with van der Waals surface area (Å²) in [5.74, 6) is 0.0810. The van der Waals surface area contributed by atoms with Crippen molar-refractivity contribution >= 4 is 29.4 Å². The fourth-order valence-electron chi connectivity index (χ4n) is 3.22. The molecule has 0 spiro atoms. The van der Waals surface area contributed by atoms with E-state index in [0.29, 0.717) is 40.0 Å². The monoisotopic (exact) mass is 452 g/mol. The Kier molecular flexibility index (Phi) is 6.28. The SMILES string of the molecule is Cc1ccc(Cn2nc(C)c(/C=C/C(=O)OCC(=O)c3ccc4c(c3)OCO4)c2Cl)cc1. The third-order valence-corrected chi connectivity index (χ3v) is 5.39. The number of halogens is 1. The first-order chi connectivity index (χ1) is 15.4. The Balaban J connectivity index is 1.36. The van der Waals surface area contributed by atoms with Crippen LogP contribution in [0.1, 0.15) is 32.7 Å². The van der Waals surface area contributed by atoms with Crippen LogP contribution in [-0.4, -0.2) is 34.9 Å². The molecule has 7 nitrogen and oxygen atoms in total. The van der Waals surface area contributed by atoms with Crippen LogP contribution in [0.2, 0.25) is 5.15 Å². The maximum atomic E-state index is 12.3. The largest absolute Gasteiger partial charge is 0.454 e. The highest BCUT2D eigenvalue weighted by Gasteiger charge is 2.17. The molecule has 1 aliphatic rings. The van der Waals surface area contributed by atoms with E-state index in [-0.39, 0.29) is 19.2 Å². The van der Waals surface area contributed by atoms with E-state index in [0.717, 1.165) is 5.56 Å². The summed E-state index contributed by atoms with van der Waals surface area (Å²) < 4.78 is 17.2. The summed E-state index contributed by atoms with van der Waals surface area (Å²) in [6.07, 6.45) is 2.78. The number of hydrogen-bond acceptors (Lipinski definition) is 6. The molecule has 0 bridgehead atoms. The quantitative estimate of drug-likeness (QED) is 0.301. The molecule has 0 radical (unpaired) electrons. The summed E-state index contributed by atoms with van der Waals surface area (Å²) in [6.45, 7) is 4.09. The van der Waals surface area contributed by atoms with Crippen molar-refractivity contribution in [2.75, 3.05) is 13.4 Å². The van der Waals surface area contributed by atoms with E-state index in [9.17, 15) is 9.59 Å². The molecule has 1 aromatic heterocycles. The van der Waals surface area contributed by atoms with Gasteiger partial charge in [0.25, 0.3) is 0 Å². The zero-order valence-electron chi connectivity index (χ0n) is 17.6. The number of ether oxygens (including phenoxy) is 3. The molecule has 0 atom stereocenters. The minimum Gasteiger partial charge on any atom is -0.454 e. The van der Waals surface area contributed by atoms with Gasteiger partial charge in [-0.25, -0.2) is 9.48 Å². The second kappa shape index (κ2) is 9.28. The highest BCUT2D eigenvalue weighted by Crippen LogP contribution is 2.32. The number of esters is 1. The number of hydrogen-bond donors (Lipinski definition) is 0. The minimum atomic E-state index is -0.652. The summed E-state index contributed by atoms with van der Waals surface area (Å²) in [5, 5.41) is 4.87. The predicted molar refractivity (Wildman–Crippen MR) is 119 cm³/mol. The highest BCUT2D eigenvalue weighted by molar-refractivity contribution is 6.31. The Bertz CT molecular complexity index is 1200. The minimum absolute atomic E-state index is 0.121. The maximum absolute atomic E-state index is 12.3. The van der Waals surface area contributed by atoms with Crippen molar-refractivity contribution in [3.05, 3.63) is 81.6 Å². The lowest BCUT2D eigenvalue weighted by Gasteiger charge is -2.04. The van der Waals surface area contributed by atoms with Crippen molar-refractivity contribution in [2.45, 2.75) is 20.4 Å². The Morgan fingerprint density at radius 2 is 1.88 bits per heavy atom. The van der Waals surface area contributed by atoms with Crippen LogP contribution in [0.25, 0.3) is 6.08 Å². The van der Waals surface area contributed by atoms with Gasteiger partial charge in [-0.2, -0.15) is 5.10 Å². The van der Waals surface area contributed by atoms with E-state index in [1.807, 2.05) is 38.1 Å². The molecule has 0 saturated carbocycles. The number of fused-ring (bicyclic) bond motifs is 1. The fourth-order valence-corrected chi connectivity index (χ4v) is 3.51. The van der Waals surface area contributed by atoms with Crippen LogP contribution in [0.15, 0.2) is 48.5 Å². The summed E-state index contributed by atoms with van der Waals surface area (Å²) in [7, 11) is 0. The molecule has 0 amide bonds. The number of nitrogens with zero attached hydrogens (tertiary/aromatic N) is 2. The molecule has 0 saturated heterocycles. The second-order valence-electron chi connectivity index (χ2n) is 7.37. The molecule has 32 heavy (non-hydrogen) atoms. The van der Waals surface area contributed by atoms with Crippen LogP contribution in [0.5, 0.6) is 11.5 Å². The molecule has 0 N–H and O–H groups in total. The van der Waals surface area contributed by atoms with E-state index >= 15 is 0 Å². The average Bonchev–Trinajstić information content (AvgIpc) is 3.36. The van der Waals surface area contributed by atoms with Gasteiger partial charge in [-0.15, -0.1) is 0 Å². The van der Waals surface area contributed by atoms with Crippen molar-refractivity contribution in [1.29, 1.82) is 0 Å². The van der Waals surface area contributed by atoms with Crippen LogP contribution >= 0.6 is 11.6 Å². The lowest BCUT2D eigenvalue weighted by atomic mass is 10.1. The molecule has 1 aliphatic heterocycles. The van der Waals surface area contributed by atoms with Crippen LogP contribution in [0.4, 0.5) is 0 Å². The molecule has 0 aliphatic carbocycles. The lowest BCUT2D eigenvalue weighted by molar-refractivity contribution is -0.136. The molecule has 2 heterocycles. The topological polar surface area (TPSA) is 79.7 Å². The second-order valence-corrected chi connectivity index (χ2v) is 7.72. The van der Waals surface area contributed by atoms with Crippen molar-refractivity contribution in [2.24, 2.45) is 0 Å². The van der Waals surface area contributed by atoms with Crippen LogP contribution in [0.3, 0.4) is 0 Å². The van der Waals surface area contributed by atoms with Gasteiger partial charge in [0.05, 0.1) is 12.2 Å². The summed E-state index contributed by atoms with van der Waals surface area (Å²) in [6, 6.07) is 12.9. The predicted octanol–water partition coefficient (Wildman–Crippen LogP) is 4.37. The number of rotatable bonds is 7. The van der Waals surface area contributed by atoms with Gasteiger partial charge in [0.2, 0.25) is 6.79 Å². The van der Waals surface area contributed by atoms with E-state index in [2.05, 4.69) is 5.10 Å². The molecule has 4 rings (SSSR count). The maximum Gasteiger partial charge on any atom is 0.331 e. The molecule has 3 aromatic rings. The van der Waals surface area contributed by atoms with Gasteiger partial charge in [0.1, 0.15) is 5.15 Å². The number of benzene rings is 2. The van der Waals surface area contributed by atoms with E-state index < -0.39 is 5.97 Å². The Hall–Kier alpha value is -3.58. The Morgan fingerprint density at radius 1 is 1.12 bits per heavy atom. The smallest absolute Gasteiger partial charge is 0.331 e.